The Morgan fingerprint density at radius 2 is 2.06 bits per heavy atom. The number of likely N-dealkylation sites (tertiary alicyclic amines) is 1. The van der Waals surface area contributed by atoms with Crippen molar-refractivity contribution in [2.45, 2.75) is 26.4 Å². The fourth-order valence-corrected chi connectivity index (χ4v) is 1.73. The van der Waals surface area contributed by atoms with Crippen LogP contribution >= 0.6 is 0 Å². The fraction of sp³-hybridized carbons (Fsp3) is 0.818. The summed E-state index contributed by atoms with van der Waals surface area (Å²) in [6.45, 7) is 6.81. The third-order valence-corrected chi connectivity index (χ3v) is 2.95. The predicted molar refractivity (Wildman–Crippen MR) is 61.4 cm³/mol. The quantitative estimate of drug-likeness (QED) is 0.725. The highest BCUT2D eigenvalue weighted by Gasteiger charge is 2.44. The average molecular weight is 244 g/mol. The molecule has 17 heavy (non-hydrogen) atoms. The second-order valence-electron chi connectivity index (χ2n) is 4.67. The Kier molecular flexibility index (Phi) is 4.47. The number of carbonyl (C=O) groups is 2. The Bertz CT molecular complexity index is 298. The van der Waals surface area contributed by atoms with Crippen LogP contribution in [-0.4, -0.2) is 53.8 Å². The molecule has 6 heteroatoms. The van der Waals surface area contributed by atoms with Crippen LogP contribution in [-0.2, 0) is 9.53 Å². The standard InChI is InChI=1S/C11H20N2O4/c1-4-17-10(15)12-9(14)5-13-6-11(16,7-13)8(2)3/h8,16H,4-7H2,1-3H3,(H,12,14,15). The maximum Gasteiger partial charge on any atom is 0.413 e. The van der Waals surface area contributed by atoms with Crippen molar-refractivity contribution in [1.82, 2.24) is 10.2 Å². The van der Waals surface area contributed by atoms with E-state index >= 15 is 0 Å². The lowest BCUT2D eigenvalue weighted by Crippen LogP contribution is -2.65. The van der Waals surface area contributed by atoms with Crippen LogP contribution in [0.1, 0.15) is 20.8 Å². The Balaban J connectivity index is 2.25. The van der Waals surface area contributed by atoms with E-state index in [-0.39, 0.29) is 19.1 Å². The number of hydrogen-bond acceptors (Lipinski definition) is 5. The lowest BCUT2D eigenvalue weighted by atomic mass is 9.83. The molecular formula is C11H20N2O4. The summed E-state index contributed by atoms with van der Waals surface area (Å²) in [5, 5.41) is 12.1. The van der Waals surface area contributed by atoms with Gasteiger partial charge in [0, 0.05) is 13.1 Å². The van der Waals surface area contributed by atoms with Crippen molar-refractivity contribution in [3.8, 4) is 0 Å². The van der Waals surface area contributed by atoms with Crippen LogP contribution in [0, 0.1) is 5.92 Å². The van der Waals surface area contributed by atoms with Crippen LogP contribution in [0.3, 0.4) is 0 Å². The second kappa shape index (κ2) is 5.46. The molecule has 2 amide bonds. The minimum absolute atomic E-state index is 0.105. The Hall–Kier alpha value is -1.14. The maximum atomic E-state index is 11.4. The molecule has 1 aliphatic heterocycles. The van der Waals surface area contributed by atoms with Crippen LogP contribution in [0.25, 0.3) is 0 Å². The first kappa shape index (κ1) is 13.9. The number of carbonyl (C=O) groups excluding carboxylic acids is 2. The Morgan fingerprint density at radius 1 is 1.47 bits per heavy atom. The van der Waals surface area contributed by atoms with Crippen LogP contribution in [0.2, 0.25) is 0 Å². The van der Waals surface area contributed by atoms with Gasteiger partial charge in [-0.25, -0.2) is 4.79 Å². The molecule has 0 radical (unpaired) electrons. The van der Waals surface area contributed by atoms with Gasteiger partial charge in [0.1, 0.15) is 0 Å². The molecule has 1 aliphatic rings. The van der Waals surface area contributed by atoms with E-state index in [1.54, 1.807) is 11.8 Å². The molecule has 0 atom stereocenters. The minimum atomic E-state index is -0.725. The van der Waals surface area contributed by atoms with Gasteiger partial charge in [0.05, 0.1) is 18.8 Å². The molecule has 0 unspecified atom stereocenters. The Labute approximate surface area is 101 Å². The van der Waals surface area contributed by atoms with Gasteiger partial charge in [0.15, 0.2) is 0 Å². The van der Waals surface area contributed by atoms with E-state index in [1.807, 2.05) is 13.8 Å². The zero-order chi connectivity index (χ0) is 13.1. The lowest BCUT2D eigenvalue weighted by Gasteiger charge is -2.48. The second-order valence-corrected chi connectivity index (χ2v) is 4.67. The zero-order valence-electron chi connectivity index (χ0n) is 10.5. The van der Waals surface area contributed by atoms with Gasteiger partial charge in [-0.2, -0.15) is 0 Å². The summed E-state index contributed by atoms with van der Waals surface area (Å²) in [4.78, 5) is 24.1. The normalized spacial score (nSPS) is 18.6. The summed E-state index contributed by atoms with van der Waals surface area (Å²) >= 11 is 0. The van der Waals surface area contributed by atoms with Crippen LogP contribution in [0.5, 0.6) is 0 Å². The number of hydrogen-bond donors (Lipinski definition) is 2. The molecule has 1 fully saturated rings. The maximum absolute atomic E-state index is 11.4. The molecule has 1 saturated heterocycles. The molecule has 0 aromatic heterocycles. The van der Waals surface area contributed by atoms with E-state index in [0.29, 0.717) is 13.1 Å². The first-order chi connectivity index (χ1) is 7.87. The van der Waals surface area contributed by atoms with Crippen LogP contribution in [0.15, 0.2) is 0 Å². The number of rotatable bonds is 4. The van der Waals surface area contributed by atoms with E-state index < -0.39 is 17.6 Å². The van der Waals surface area contributed by atoms with E-state index in [1.165, 1.54) is 0 Å². The predicted octanol–water partition coefficient (Wildman–Crippen LogP) is -0.0382. The summed E-state index contributed by atoms with van der Waals surface area (Å²) in [6.07, 6.45) is -0.725. The summed E-state index contributed by atoms with van der Waals surface area (Å²) in [6, 6.07) is 0. The number of nitrogens with one attached hydrogen (secondary N) is 1. The molecule has 98 valence electrons. The molecule has 2 N–H and O–H groups in total. The highest BCUT2D eigenvalue weighted by molar-refractivity contribution is 5.92. The highest BCUT2D eigenvalue weighted by Crippen LogP contribution is 2.27. The molecule has 0 aromatic rings. The number of aliphatic hydroxyl groups is 1. The average Bonchev–Trinajstić information content (AvgIpc) is 2.14. The number of ether oxygens (including phenoxy) is 1. The van der Waals surface area contributed by atoms with Gasteiger partial charge in [-0.15, -0.1) is 0 Å². The largest absolute Gasteiger partial charge is 0.450 e. The van der Waals surface area contributed by atoms with Crippen molar-refractivity contribution >= 4 is 12.0 Å². The monoisotopic (exact) mass is 244 g/mol. The number of imide groups is 1. The molecule has 0 aliphatic carbocycles. The van der Waals surface area contributed by atoms with Crippen molar-refractivity contribution in [2.75, 3.05) is 26.2 Å². The van der Waals surface area contributed by atoms with Crippen molar-refractivity contribution in [3.05, 3.63) is 0 Å². The smallest absolute Gasteiger partial charge is 0.413 e. The van der Waals surface area contributed by atoms with Crippen molar-refractivity contribution < 1.29 is 19.4 Å². The minimum Gasteiger partial charge on any atom is -0.450 e. The molecule has 0 spiro atoms. The molecule has 1 rings (SSSR count). The fourth-order valence-electron chi connectivity index (χ4n) is 1.73. The molecular weight excluding hydrogens is 224 g/mol. The number of alkyl carbamates (subject to hydrolysis) is 1. The number of amides is 2. The third kappa shape index (κ3) is 3.67. The first-order valence-electron chi connectivity index (χ1n) is 5.78. The highest BCUT2D eigenvalue weighted by atomic mass is 16.5. The van der Waals surface area contributed by atoms with E-state index in [0.717, 1.165) is 0 Å². The van der Waals surface area contributed by atoms with Crippen molar-refractivity contribution in [2.24, 2.45) is 5.92 Å². The van der Waals surface area contributed by atoms with Crippen molar-refractivity contribution in [3.63, 3.8) is 0 Å². The topological polar surface area (TPSA) is 78.9 Å². The van der Waals surface area contributed by atoms with E-state index in [9.17, 15) is 14.7 Å². The van der Waals surface area contributed by atoms with E-state index in [4.69, 9.17) is 0 Å². The number of nitrogens with zero attached hydrogens (tertiary/aromatic N) is 1. The van der Waals surface area contributed by atoms with E-state index in [2.05, 4.69) is 10.1 Å². The summed E-state index contributed by atoms with van der Waals surface area (Å²) in [5.74, 6) is -0.249. The van der Waals surface area contributed by atoms with Gasteiger partial charge >= 0.3 is 6.09 Å². The Morgan fingerprint density at radius 3 is 2.53 bits per heavy atom. The summed E-state index contributed by atoms with van der Waals surface area (Å²) in [5.41, 5.74) is -0.704. The molecule has 6 nitrogen and oxygen atoms in total. The van der Waals surface area contributed by atoms with Gasteiger partial charge in [-0.3, -0.25) is 15.0 Å². The molecule has 0 saturated carbocycles. The first-order valence-corrected chi connectivity index (χ1v) is 5.78. The van der Waals surface area contributed by atoms with Gasteiger partial charge < -0.3 is 9.84 Å². The summed E-state index contributed by atoms with van der Waals surface area (Å²) in [7, 11) is 0. The van der Waals surface area contributed by atoms with Crippen LogP contribution in [0.4, 0.5) is 4.79 Å². The van der Waals surface area contributed by atoms with Gasteiger partial charge in [0.2, 0.25) is 5.91 Å². The summed E-state index contributed by atoms with van der Waals surface area (Å²) < 4.78 is 4.59. The molecule has 0 aromatic carbocycles. The molecule has 1 heterocycles. The van der Waals surface area contributed by atoms with Gasteiger partial charge in [0.25, 0.3) is 0 Å². The van der Waals surface area contributed by atoms with Crippen molar-refractivity contribution in [1.29, 1.82) is 0 Å². The van der Waals surface area contributed by atoms with Gasteiger partial charge in [-0.1, -0.05) is 13.8 Å². The zero-order valence-corrected chi connectivity index (χ0v) is 10.5. The number of β-amino-alcohol motifs (C(OH)–C–C–N with tert-alkyl or cyclic N) is 1. The molecule has 0 bridgehead atoms. The van der Waals surface area contributed by atoms with Gasteiger partial charge in [-0.05, 0) is 12.8 Å². The SMILES string of the molecule is CCOC(=O)NC(=O)CN1CC(O)(C(C)C)C1. The lowest BCUT2D eigenvalue weighted by molar-refractivity contribution is -0.141. The van der Waals surface area contributed by atoms with Crippen LogP contribution < -0.4 is 5.32 Å². The third-order valence-electron chi connectivity index (χ3n) is 2.95.